The first-order chi connectivity index (χ1) is 16.4. The lowest BCUT2D eigenvalue weighted by atomic mass is 10.1. The van der Waals surface area contributed by atoms with Crippen molar-refractivity contribution in [3.05, 3.63) is 94.0 Å². The van der Waals surface area contributed by atoms with Crippen LogP contribution in [-0.4, -0.2) is 45.8 Å². The number of hydrogen-bond acceptors (Lipinski definition) is 5. The van der Waals surface area contributed by atoms with Gasteiger partial charge in [-0.15, -0.1) is 0 Å². The van der Waals surface area contributed by atoms with Crippen molar-refractivity contribution in [2.24, 2.45) is 0 Å². The van der Waals surface area contributed by atoms with Crippen molar-refractivity contribution in [2.75, 3.05) is 40.9 Å². The summed E-state index contributed by atoms with van der Waals surface area (Å²) in [6, 6.07) is 23.4. The molecule has 3 rings (SSSR count). The van der Waals surface area contributed by atoms with Gasteiger partial charge in [0.05, 0.1) is 39.3 Å². The maximum atomic E-state index is 11.0. The number of benzene rings is 3. The molecule has 0 bridgehead atoms. The van der Waals surface area contributed by atoms with Crippen molar-refractivity contribution in [1.29, 1.82) is 0 Å². The molecule has 0 saturated heterocycles. The van der Waals surface area contributed by atoms with Gasteiger partial charge in [-0.3, -0.25) is 14.6 Å². The summed E-state index contributed by atoms with van der Waals surface area (Å²) in [6.07, 6.45) is 1.92. The highest BCUT2D eigenvalue weighted by Gasteiger charge is 2.26. The summed E-state index contributed by atoms with van der Waals surface area (Å²) in [6.45, 7) is 3.30. The number of ether oxygens (including phenoxy) is 2. The van der Waals surface area contributed by atoms with E-state index in [0.717, 1.165) is 54.0 Å². The van der Waals surface area contributed by atoms with E-state index in [-0.39, 0.29) is 10.6 Å². The Morgan fingerprint density at radius 3 is 2.32 bits per heavy atom. The normalized spacial score (nSPS) is 12.7. The smallest absolute Gasteiger partial charge is 0.269 e. The van der Waals surface area contributed by atoms with Crippen LogP contribution in [0.3, 0.4) is 0 Å². The molecule has 0 radical (unpaired) electrons. The van der Waals surface area contributed by atoms with E-state index in [1.165, 1.54) is 17.3 Å². The number of non-ortho nitro benzene ring substituents is 1. The van der Waals surface area contributed by atoms with Crippen LogP contribution in [0.15, 0.2) is 72.8 Å². The fourth-order valence-electron chi connectivity index (χ4n) is 4.12. The van der Waals surface area contributed by atoms with Crippen LogP contribution in [0.2, 0.25) is 0 Å². The molecule has 0 saturated carbocycles. The molecule has 7 nitrogen and oxygen atoms in total. The SMILES string of the molecule is COc1ccc([N+](C)(CCCNCc2cccc([N+](=O)[O-])c2)CCc2ccccc2)cc1OC. The number of quaternary nitrogens is 1. The molecule has 1 unspecified atom stereocenters. The van der Waals surface area contributed by atoms with Gasteiger partial charge in [0.15, 0.2) is 11.5 Å². The van der Waals surface area contributed by atoms with Gasteiger partial charge in [0.2, 0.25) is 0 Å². The van der Waals surface area contributed by atoms with Crippen LogP contribution < -0.4 is 19.3 Å². The van der Waals surface area contributed by atoms with Crippen LogP contribution in [0.25, 0.3) is 0 Å². The molecule has 0 fully saturated rings. The van der Waals surface area contributed by atoms with Crippen LogP contribution in [0.5, 0.6) is 11.5 Å². The molecule has 7 heteroatoms. The molecule has 0 aliphatic rings. The Balaban J connectivity index is 1.66. The summed E-state index contributed by atoms with van der Waals surface area (Å²) in [4.78, 5) is 10.6. The molecule has 0 aliphatic heterocycles. The lowest BCUT2D eigenvalue weighted by molar-refractivity contribution is -0.384. The zero-order chi connectivity index (χ0) is 24.4. The first-order valence-electron chi connectivity index (χ1n) is 11.5. The summed E-state index contributed by atoms with van der Waals surface area (Å²) in [5, 5.41) is 14.4. The summed E-state index contributed by atoms with van der Waals surface area (Å²) in [7, 11) is 5.56. The van der Waals surface area contributed by atoms with Crippen molar-refractivity contribution < 1.29 is 14.4 Å². The topological polar surface area (TPSA) is 73.6 Å². The number of nitrogens with zero attached hydrogens (tertiary/aromatic N) is 2. The summed E-state index contributed by atoms with van der Waals surface area (Å²) < 4.78 is 11.7. The number of hydrogen-bond donors (Lipinski definition) is 1. The van der Waals surface area contributed by atoms with Crippen molar-refractivity contribution in [3.63, 3.8) is 0 Å². The van der Waals surface area contributed by atoms with E-state index in [4.69, 9.17) is 9.47 Å². The molecule has 0 aromatic heterocycles. The molecular weight excluding hydrogens is 430 g/mol. The number of methoxy groups -OCH3 is 2. The summed E-state index contributed by atoms with van der Waals surface area (Å²) in [5.41, 5.74) is 3.52. The third kappa shape index (κ3) is 6.79. The van der Waals surface area contributed by atoms with Gasteiger partial charge in [0.25, 0.3) is 5.69 Å². The molecule has 3 aromatic rings. The highest BCUT2D eigenvalue weighted by Crippen LogP contribution is 2.34. The van der Waals surface area contributed by atoms with Crippen LogP contribution >= 0.6 is 0 Å². The monoisotopic (exact) mass is 464 g/mol. The van der Waals surface area contributed by atoms with E-state index in [2.05, 4.69) is 48.8 Å². The third-order valence-corrected chi connectivity index (χ3v) is 6.18. The molecule has 180 valence electrons. The van der Waals surface area contributed by atoms with Crippen LogP contribution in [-0.2, 0) is 13.0 Å². The minimum atomic E-state index is -0.359. The maximum absolute atomic E-state index is 11.0. The Bertz CT molecular complexity index is 1070. The first kappa shape index (κ1) is 25.2. The van der Waals surface area contributed by atoms with E-state index in [1.807, 2.05) is 18.2 Å². The van der Waals surface area contributed by atoms with Crippen molar-refractivity contribution in [2.45, 2.75) is 19.4 Å². The molecule has 0 heterocycles. The lowest BCUT2D eigenvalue weighted by Gasteiger charge is -2.35. The van der Waals surface area contributed by atoms with Gasteiger partial charge in [-0.25, -0.2) is 0 Å². The minimum Gasteiger partial charge on any atom is -0.493 e. The molecule has 0 amide bonds. The summed E-state index contributed by atoms with van der Waals surface area (Å²) in [5.74, 6) is 1.45. The second kappa shape index (κ2) is 12.2. The molecular formula is C27H34N3O4+. The standard InChI is InChI=1S/C27H34N3O4/c1-30(18-15-22-9-5-4-6-10-22,25-13-14-26(33-2)27(20-25)34-3)17-8-16-28-21-23-11-7-12-24(19-23)29(31)32/h4-7,9-14,19-20,28H,8,15-18,21H2,1-3H3/q+1. The highest BCUT2D eigenvalue weighted by molar-refractivity contribution is 5.54. The van der Waals surface area contributed by atoms with Crippen LogP contribution in [0.4, 0.5) is 11.4 Å². The van der Waals surface area contributed by atoms with E-state index in [0.29, 0.717) is 6.54 Å². The molecule has 3 aromatic carbocycles. The molecule has 0 aliphatic carbocycles. The van der Waals surface area contributed by atoms with Crippen molar-refractivity contribution in [3.8, 4) is 11.5 Å². The zero-order valence-corrected chi connectivity index (χ0v) is 20.2. The van der Waals surface area contributed by atoms with Crippen molar-refractivity contribution >= 4 is 11.4 Å². The molecule has 34 heavy (non-hydrogen) atoms. The lowest BCUT2D eigenvalue weighted by Crippen LogP contribution is -2.48. The van der Waals surface area contributed by atoms with E-state index < -0.39 is 0 Å². The molecule has 0 spiro atoms. The Kier molecular flexibility index (Phi) is 9.01. The maximum Gasteiger partial charge on any atom is 0.269 e. The van der Waals surface area contributed by atoms with Gasteiger partial charge < -0.3 is 14.8 Å². The Morgan fingerprint density at radius 1 is 0.882 bits per heavy atom. The van der Waals surface area contributed by atoms with Gasteiger partial charge in [0, 0.05) is 50.2 Å². The van der Waals surface area contributed by atoms with Crippen molar-refractivity contribution in [1.82, 2.24) is 9.80 Å². The predicted octanol–water partition coefficient (Wildman–Crippen LogP) is 4.97. The first-order valence-corrected chi connectivity index (χ1v) is 11.5. The fraction of sp³-hybridized carbons (Fsp3) is 0.333. The minimum absolute atomic E-state index is 0.123. The van der Waals surface area contributed by atoms with E-state index in [9.17, 15) is 10.1 Å². The third-order valence-electron chi connectivity index (χ3n) is 6.18. The largest absolute Gasteiger partial charge is 0.493 e. The van der Waals surface area contributed by atoms with Crippen LogP contribution in [0, 0.1) is 10.1 Å². The number of nitro benzene ring substituents is 1. The zero-order valence-electron chi connectivity index (χ0n) is 20.2. The number of likely N-dealkylation sites (N-methyl/N-ethyl adjacent to an activating group) is 1. The average molecular weight is 465 g/mol. The fourth-order valence-corrected chi connectivity index (χ4v) is 4.12. The van der Waals surface area contributed by atoms with E-state index >= 15 is 0 Å². The Hall–Kier alpha value is -3.42. The summed E-state index contributed by atoms with van der Waals surface area (Å²) >= 11 is 0. The number of nitro groups is 1. The molecule has 1 N–H and O–H groups in total. The van der Waals surface area contributed by atoms with Crippen LogP contribution in [0.1, 0.15) is 17.5 Å². The second-order valence-electron chi connectivity index (χ2n) is 8.58. The second-order valence-corrected chi connectivity index (χ2v) is 8.58. The van der Waals surface area contributed by atoms with Gasteiger partial charge in [-0.2, -0.15) is 0 Å². The quantitative estimate of drug-likeness (QED) is 0.167. The Morgan fingerprint density at radius 2 is 1.62 bits per heavy atom. The van der Waals surface area contributed by atoms with Gasteiger partial charge in [-0.1, -0.05) is 42.5 Å². The van der Waals surface area contributed by atoms with Gasteiger partial charge in [-0.05, 0) is 17.2 Å². The molecule has 1 atom stereocenters. The van der Waals surface area contributed by atoms with Gasteiger partial charge >= 0.3 is 0 Å². The number of rotatable bonds is 13. The number of nitrogens with one attached hydrogen (secondary N) is 1. The van der Waals surface area contributed by atoms with E-state index in [1.54, 1.807) is 26.4 Å². The predicted molar refractivity (Wildman–Crippen MR) is 137 cm³/mol. The van der Waals surface area contributed by atoms with Gasteiger partial charge in [0.1, 0.15) is 5.69 Å². The average Bonchev–Trinajstić information content (AvgIpc) is 2.87. The highest BCUT2D eigenvalue weighted by atomic mass is 16.6. The Labute approximate surface area is 201 Å².